The number of barbiturate groups is 1. The Labute approximate surface area is 195 Å². The number of imide groups is 2. The number of halogens is 1. The predicted octanol–water partition coefficient (Wildman–Crippen LogP) is 5.06. The molecule has 4 amide bonds. The van der Waals surface area contributed by atoms with E-state index in [2.05, 4.69) is 66.1 Å². The van der Waals surface area contributed by atoms with Gasteiger partial charge in [0.2, 0.25) is 0 Å². The van der Waals surface area contributed by atoms with Crippen molar-refractivity contribution < 1.29 is 14.4 Å². The molecule has 2 aliphatic rings. The summed E-state index contributed by atoms with van der Waals surface area (Å²) in [6.45, 7) is 8.32. The van der Waals surface area contributed by atoms with Gasteiger partial charge in [-0.05, 0) is 86.9 Å². The van der Waals surface area contributed by atoms with Crippen molar-refractivity contribution in [2.75, 3.05) is 16.8 Å². The number of allylic oxidation sites excluding steroid dienone is 1. The lowest BCUT2D eigenvalue weighted by Crippen LogP contribution is -2.54. The fourth-order valence-electron chi connectivity index (χ4n) is 4.11. The Hall–Kier alpha value is -3.19. The highest BCUT2D eigenvalue weighted by Crippen LogP contribution is 2.39. The van der Waals surface area contributed by atoms with E-state index in [-0.39, 0.29) is 11.1 Å². The lowest BCUT2D eigenvalue weighted by molar-refractivity contribution is -0.122. The third-order valence-electron chi connectivity index (χ3n) is 6.09. The van der Waals surface area contributed by atoms with Gasteiger partial charge in [0.1, 0.15) is 5.57 Å². The lowest BCUT2D eigenvalue weighted by atomic mass is 9.87. The smallest absolute Gasteiger partial charge is 0.335 e. The summed E-state index contributed by atoms with van der Waals surface area (Å²) in [6.07, 6.45) is 3.77. The number of urea groups is 1. The standard InChI is InChI=1S/C25H24BrN3O3/c1-14-10-21-19(15(2)13-25(3,4)28(21)5)11-16(14)12-20-22(30)27-24(32)29(23(20)31)18-8-6-17(26)7-9-18/h6-13H,1-5H3,(H,27,30,32)/b20-12+. The largest absolute Gasteiger partial charge is 0.365 e. The van der Waals surface area contributed by atoms with E-state index >= 15 is 0 Å². The summed E-state index contributed by atoms with van der Waals surface area (Å²) in [7, 11) is 2.05. The number of likely N-dealkylation sites (N-methyl/N-ethyl adjacent to an activating group) is 1. The number of carbonyl (C=O) groups is 3. The Balaban J connectivity index is 1.78. The number of nitrogens with zero attached hydrogens (tertiary/aromatic N) is 2. The number of anilines is 2. The molecule has 164 valence electrons. The second-order valence-corrected chi connectivity index (χ2v) is 9.62. The van der Waals surface area contributed by atoms with Crippen molar-refractivity contribution in [1.82, 2.24) is 5.32 Å². The highest BCUT2D eigenvalue weighted by molar-refractivity contribution is 9.10. The maximum absolute atomic E-state index is 13.2. The van der Waals surface area contributed by atoms with E-state index in [1.165, 1.54) is 0 Å². The average Bonchev–Trinajstić information content (AvgIpc) is 2.71. The van der Waals surface area contributed by atoms with E-state index in [0.29, 0.717) is 5.69 Å². The number of amides is 4. The molecule has 7 heteroatoms. The molecule has 2 aromatic rings. The van der Waals surface area contributed by atoms with Crippen molar-refractivity contribution in [2.24, 2.45) is 0 Å². The van der Waals surface area contributed by atoms with Crippen LogP contribution in [0.2, 0.25) is 0 Å². The zero-order valence-electron chi connectivity index (χ0n) is 18.6. The van der Waals surface area contributed by atoms with E-state index in [9.17, 15) is 14.4 Å². The van der Waals surface area contributed by atoms with Gasteiger partial charge in [0.15, 0.2) is 0 Å². The molecule has 0 atom stereocenters. The number of fused-ring (bicyclic) bond motifs is 1. The van der Waals surface area contributed by atoms with E-state index in [0.717, 1.165) is 37.3 Å². The van der Waals surface area contributed by atoms with E-state index in [1.54, 1.807) is 30.3 Å². The van der Waals surface area contributed by atoms with Gasteiger partial charge in [0.05, 0.1) is 11.2 Å². The normalized spacial score (nSPS) is 19.1. The summed E-state index contributed by atoms with van der Waals surface area (Å²) in [5.41, 5.74) is 5.16. The third-order valence-corrected chi connectivity index (χ3v) is 6.62. The fourth-order valence-corrected chi connectivity index (χ4v) is 4.38. The molecule has 0 aromatic heterocycles. The average molecular weight is 494 g/mol. The molecule has 32 heavy (non-hydrogen) atoms. The number of nitrogens with one attached hydrogen (secondary N) is 1. The molecule has 0 saturated carbocycles. The van der Waals surface area contributed by atoms with Gasteiger partial charge < -0.3 is 4.90 Å². The SMILES string of the molecule is CC1=CC(C)(C)N(C)c2cc(C)c(/C=C3\C(=O)NC(=O)N(c4ccc(Br)cc4)C3=O)cc21. The zero-order valence-corrected chi connectivity index (χ0v) is 20.2. The van der Waals surface area contributed by atoms with Crippen LogP contribution >= 0.6 is 15.9 Å². The minimum Gasteiger partial charge on any atom is -0.365 e. The van der Waals surface area contributed by atoms with Crippen LogP contribution in [0.3, 0.4) is 0 Å². The molecular weight excluding hydrogens is 470 g/mol. The molecule has 1 N–H and O–H groups in total. The quantitative estimate of drug-likeness (QED) is 0.469. The topological polar surface area (TPSA) is 69.7 Å². The Morgan fingerprint density at radius 2 is 1.69 bits per heavy atom. The Bertz CT molecular complexity index is 1230. The molecule has 2 aromatic carbocycles. The summed E-state index contributed by atoms with van der Waals surface area (Å²) in [5.74, 6) is -1.35. The third kappa shape index (κ3) is 3.66. The van der Waals surface area contributed by atoms with Crippen molar-refractivity contribution in [2.45, 2.75) is 33.2 Å². The van der Waals surface area contributed by atoms with Gasteiger partial charge in [-0.1, -0.05) is 22.0 Å². The first-order valence-corrected chi connectivity index (χ1v) is 11.0. The second-order valence-electron chi connectivity index (χ2n) is 8.70. The summed E-state index contributed by atoms with van der Waals surface area (Å²) < 4.78 is 0.819. The minimum absolute atomic E-state index is 0.0818. The molecule has 4 rings (SSSR count). The van der Waals surface area contributed by atoms with Gasteiger partial charge in [0.25, 0.3) is 11.8 Å². The highest BCUT2D eigenvalue weighted by atomic mass is 79.9. The molecule has 1 saturated heterocycles. The number of hydrogen-bond donors (Lipinski definition) is 1. The zero-order chi connectivity index (χ0) is 23.4. The van der Waals surface area contributed by atoms with Gasteiger partial charge in [-0.25, -0.2) is 9.69 Å². The number of hydrogen-bond acceptors (Lipinski definition) is 4. The first kappa shape index (κ1) is 22.0. The van der Waals surface area contributed by atoms with Crippen LogP contribution in [0.25, 0.3) is 11.6 Å². The van der Waals surface area contributed by atoms with E-state index < -0.39 is 17.8 Å². The molecule has 2 heterocycles. The Morgan fingerprint density at radius 1 is 1.03 bits per heavy atom. The first-order chi connectivity index (χ1) is 15.0. The van der Waals surface area contributed by atoms with Gasteiger partial charge in [-0.2, -0.15) is 0 Å². The summed E-state index contributed by atoms with van der Waals surface area (Å²) >= 11 is 3.34. The molecule has 0 bridgehead atoms. The maximum Gasteiger partial charge on any atom is 0.335 e. The van der Waals surface area contributed by atoms with Crippen LogP contribution < -0.4 is 15.1 Å². The van der Waals surface area contributed by atoms with Crippen LogP contribution in [0.15, 0.2) is 52.5 Å². The molecular formula is C25H24BrN3O3. The summed E-state index contributed by atoms with van der Waals surface area (Å²) in [6, 6.07) is 10.1. The van der Waals surface area contributed by atoms with Crippen molar-refractivity contribution in [3.05, 3.63) is 69.2 Å². The first-order valence-electron chi connectivity index (χ1n) is 10.2. The van der Waals surface area contributed by atoms with Gasteiger partial charge >= 0.3 is 6.03 Å². The number of rotatable bonds is 2. The predicted molar refractivity (Wildman–Crippen MR) is 130 cm³/mol. The molecule has 2 aliphatic heterocycles. The van der Waals surface area contributed by atoms with Crippen LogP contribution in [0.5, 0.6) is 0 Å². The van der Waals surface area contributed by atoms with Crippen LogP contribution in [-0.2, 0) is 9.59 Å². The molecule has 0 aliphatic carbocycles. The Morgan fingerprint density at radius 3 is 2.34 bits per heavy atom. The molecule has 6 nitrogen and oxygen atoms in total. The van der Waals surface area contributed by atoms with Gasteiger partial charge in [-0.3, -0.25) is 14.9 Å². The Kier molecular flexibility index (Phi) is 5.33. The van der Waals surface area contributed by atoms with Gasteiger partial charge in [0, 0.05) is 22.8 Å². The minimum atomic E-state index is -0.760. The van der Waals surface area contributed by atoms with Crippen molar-refractivity contribution in [3.8, 4) is 0 Å². The maximum atomic E-state index is 13.2. The fraction of sp³-hybridized carbons (Fsp3) is 0.240. The van der Waals surface area contributed by atoms with Crippen molar-refractivity contribution in [3.63, 3.8) is 0 Å². The molecule has 0 spiro atoms. The molecule has 0 radical (unpaired) electrons. The van der Waals surface area contributed by atoms with Crippen LogP contribution in [0.4, 0.5) is 16.2 Å². The summed E-state index contributed by atoms with van der Waals surface area (Å²) in [4.78, 5) is 41.4. The van der Waals surface area contributed by atoms with Gasteiger partial charge in [-0.15, -0.1) is 0 Å². The van der Waals surface area contributed by atoms with E-state index in [4.69, 9.17) is 0 Å². The van der Waals surface area contributed by atoms with Crippen LogP contribution in [0.1, 0.15) is 37.5 Å². The van der Waals surface area contributed by atoms with Crippen molar-refractivity contribution in [1.29, 1.82) is 0 Å². The number of benzene rings is 2. The monoisotopic (exact) mass is 493 g/mol. The highest BCUT2D eigenvalue weighted by Gasteiger charge is 2.37. The number of carbonyl (C=O) groups excluding carboxylic acids is 3. The molecule has 1 fully saturated rings. The summed E-state index contributed by atoms with van der Waals surface area (Å²) in [5, 5.41) is 2.28. The number of aryl methyl sites for hydroxylation is 1. The molecule has 0 unspecified atom stereocenters. The lowest BCUT2D eigenvalue weighted by Gasteiger charge is -2.41. The van der Waals surface area contributed by atoms with Crippen LogP contribution in [0, 0.1) is 6.92 Å². The van der Waals surface area contributed by atoms with E-state index in [1.807, 2.05) is 13.0 Å². The second kappa shape index (κ2) is 7.74. The van der Waals surface area contributed by atoms with Crippen molar-refractivity contribution >= 4 is 56.8 Å². The van der Waals surface area contributed by atoms with Crippen LogP contribution in [-0.4, -0.2) is 30.4 Å².